The number of rotatable bonds is 0. The van der Waals surface area contributed by atoms with E-state index in [1.807, 2.05) is 19.3 Å². The standard InChI is InChI=1S/C20H20BrClN2O/c1-24-11-17(21)20(25)16-4-2-13-10-14(22)3-5-15(13)18(19(16)24)12-6-8-23-9-7-12/h3,5,10-11,23H,2,4,6-9H2,1H3. The second-order valence-electron chi connectivity index (χ2n) is 6.77. The van der Waals surface area contributed by atoms with Gasteiger partial charge in [-0.2, -0.15) is 0 Å². The van der Waals surface area contributed by atoms with Crippen molar-refractivity contribution >= 4 is 33.1 Å². The lowest BCUT2D eigenvalue weighted by Gasteiger charge is -2.24. The van der Waals surface area contributed by atoms with Crippen LogP contribution in [0.15, 0.2) is 39.2 Å². The van der Waals surface area contributed by atoms with Crippen LogP contribution in [-0.2, 0) is 19.9 Å². The molecular formula is C20H20BrClN2O. The second kappa shape index (κ2) is 6.75. The number of aromatic nitrogens is 1. The van der Waals surface area contributed by atoms with Gasteiger partial charge in [-0.25, -0.2) is 0 Å². The molecule has 0 bridgehead atoms. The highest BCUT2D eigenvalue weighted by Crippen LogP contribution is 2.38. The Morgan fingerprint density at radius 2 is 1.92 bits per heavy atom. The number of benzene rings is 1. The van der Waals surface area contributed by atoms with Crippen molar-refractivity contribution in [3.63, 3.8) is 0 Å². The van der Waals surface area contributed by atoms with Crippen molar-refractivity contribution in [2.75, 3.05) is 13.1 Å². The number of hydrogen-bond donors (Lipinski definition) is 1. The average Bonchev–Trinajstić information content (AvgIpc) is 2.77. The zero-order chi connectivity index (χ0) is 17.6. The Morgan fingerprint density at radius 1 is 1.16 bits per heavy atom. The Kier molecular flexibility index (Phi) is 4.61. The van der Waals surface area contributed by atoms with Crippen molar-refractivity contribution in [3.8, 4) is 0 Å². The van der Waals surface area contributed by atoms with E-state index in [0.717, 1.165) is 55.1 Å². The van der Waals surface area contributed by atoms with Crippen LogP contribution in [0.3, 0.4) is 0 Å². The van der Waals surface area contributed by atoms with E-state index < -0.39 is 0 Å². The topological polar surface area (TPSA) is 34.0 Å². The third-order valence-corrected chi connectivity index (χ3v) is 6.01. The van der Waals surface area contributed by atoms with E-state index >= 15 is 0 Å². The molecule has 1 aromatic carbocycles. The van der Waals surface area contributed by atoms with Crippen molar-refractivity contribution in [2.45, 2.75) is 25.7 Å². The lowest BCUT2D eigenvalue weighted by molar-refractivity contribution is 0.611. The summed E-state index contributed by atoms with van der Waals surface area (Å²) in [6, 6.07) is 6.15. The van der Waals surface area contributed by atoms with Crippen molar-refractivity contribution < 1.29 is 0 Å². The van der Waals surface area contributed by atoms with Crippen LogP contribution in [0.1, 0.15) is 35.2 Å². The fourth-order valence-electron chi connectivity index (χ4n) is 4.05. The largest absolute Gasteiger partial charge is 0.349 e. The van der Waals surface area contributed by atoms with Crippen molar-refractivity contribution in [3.05, 3.63) is 72.1 Å². The normalized spacial score (nSPS) is 17.1. The van der Waals surface area contributed by atoms with Gasteiger partial charge in [-0.15, -0.1) is 0 Å². The molecule has 1 N–H and O–H groups in total. The average molecular weight is 420 g/mol. The van der Waals surface area contributed by atoms with Gasteiger partial charge in [0.2, 0.25) is 0 Å². The molecule has 1 fully saturated rings. The Bertz CT molecular complexity index is 937. The smallest absolute Gasteiger partial charge is 0.199 e. The molecule has 5 heteroatoms. The third kappa shape index (κ3) is 3.01. The van der Waals surface area contributed by atoms with Gasteiger partial charge in [-0.3, -0.25) is 4.79 Å². The highest BCUT2D eigenvalue weighted by Gasteiger charge is 2.26. The number of nitrogens with one attached hydrogen (secondary N) is 1. The minimum atomic E-state index is 0.110. The maximum atomic E-state index is 12.8. The van der Waals surface area contributed by atoms with Crippen LogP contribution in [0.2, 0.25) is 5.02 Å². The highest BCUT2D eigenvalue weighted by molar-refractivity contribution is 9.10. The van der Waals surface area contributed by atoms with Gasteiger partial charge in [-0.05, 0) is 78.0 Å². The highest BCUT2D eigenvalue weighted by atomic mass is 79.9. The Labute approximate surface area is 160 Å². The molecule has 1 aromatic heterocycles. The molecule has 25 heavy (non-hydrogen) atoms. The minimum absolute atomic E-state index is 0.110. The van der Waals surface area contributed by atoms with Crippen LogP contribution in [0.5, 0.6) is 0 Å². The number of halogens is 2. The number of nitrogens with zero attached hydrogens (tertiary/aromatic N) is 1. The minimum Gasteiger partial charge on any atom is -0.349 e. The Morgan fingerprint density at radius 3 is 2.68 bits per heavy atom. The molecule has 2 aromatic rings. The molecule has 0 atom stereocenters. The molecule has 1 aliphatic carbocycles. The molecule has 3 nitrogen and oxygen atoms in total. The van der Waals surface area contributed by atoms with Crippen molar-refractivity contribution in [2.24, 2.45) is 7.05 Å². The van der Waals surface area contributed by atoms with E-state index in [2.05, 4.69) is 37.9 Å². The number of pyridine rings is 1. The summed E-state index contributed by atoms with van der Waals surface area (Å²) in [5.41, 5.74) is 7.24. The first kappa shape index (κ1) is 17.1. The first-order chi connectivity index (χ1) is 12.1. The molecule has 1 aliphatic heterocycles. The van der Waals surface area contributed by atoms with E-state index in [-0.39, 0.29) is 5.43 Å². The molecule has 0 spiro atoms. The first-order valence-corrected chi connectivity index (χ1v) is 9.83. The molecule has 4 rings (SSSR count). The van der Waals surface area contributed by atoms with E-state index in [0.29, 0.717) is 4.47 Å². The first-order valence-electron chi connectivity index (χ1n) is 8.66. The summed E-state index contributed by atoms with van der Waals surface area (Å²) in [4.78, 5) is 12.8. The van der Waals surface area contributed by atoms with E-state index in [1.165, 1.54) is 22.3 Å². The van der Waals surface area contributed by atoms with Gasteiger partial charge in [0.05, 0.1) is 10.2 Å². The van der Waals surface area contributed by atoms with Gasteiger partial charge < -0.3 is 9.88 Å². The number of piperidine rings is 1. The molecule has 0 unspecified atom stereocenters. The predicted octanol–water partition coefficient (Wildman–Crippen LogP) is 4.09. The number of aryl methyl sites for hydroxylation is 2. The van der Waals surface area contributed by atoms with Crippen molar-refractivity contribution in [1.29, 1.82) is 0 Å². The summed E-state index contributed by atoms with van der Waals surface area (Å²) in [6.45, 7) is 1.98. The molecule has 130 valence electrons. The van der Waals surface area contributed by atoms with Gasteiger partial charge in [0.25, 0.3) is 0 Å². The summed E-state index contributed by atoms with van der Waals surface area (Å²) in [5.74, 6) is 0. The lowest BCUT2D eigenvalue weighted by Crippen LogP contribution is -2.25. The number of hydrogen-bond acceptors (Lipinski definition) is 2. The molecule has 0 radical (unpaired) electrons. The summed E-state index contributed by atoms with van der Waals surface area (Å²) in [7, 11) is 2.03. The molecular weight excluding hydrogens is 400 g/mol. The van der Waals surface area contributed by atoms with Crippen LogP contribution in [0.25, 0.3) is 5.57 Å². The SMILES string of the molecule is Cn1cc(Br)c(=O)c2c1C(=C1CCNCC1)c1ccc(Cl)cc1CC2. The lowest BCUT2D eigenvalue weighted by atomic mass is 9.89. The van der Waals surface area contributed by atoms with E-state index in [1.54, 1.807) is 0 Å². The third-order valence-electron chi connectivity index (χ3n) is 5.21. The van der Waals surface area contributed by atoms with Gasteiger partial charge in [0.1, 0.15) is 0 Å². The van der Waals surface area contributed by atoms with E-state index in [9.17, 15) is 4.79 Å². The summed E-state index contributed by atoms with van der Waals surface area (Å²) >= 11 is 9.69. The fourth-order valence-corrected chi connectivity index (χ4v) is 4.79. The zero-order valence-electron chi connectivity index (χ0n) is 14.2. The van der Waals surface area contributed by atoms with Gasteiger partial charge in [-0.1, -0.05) is 23.2 Å². The van der Waals surface area contributed by atoms with Gasteiger partial charge in [0.15, 0.2) is 5.43 Å². The quantitative estimate of drug-likeness (QED) is 0.698. The maximum Gasteiger partial charge on any atom is 0.199 e. The van der Waals surface area contributed by atoms with Crippen LogP contribution < -0.4 is 10.7 Å². The van der Waals surface area contributed by atoms with Crippen molar-refractivity contribution in [1.82, 2.24) is 9.88 Å². The van der Waals surface area contributed by atoms with Gasteiger partial charge in [0, 0.05) is 29.4 Å². The van der Waals surface area contributed by atoms with Crippen LogP contribution in [0, 0.1) is 0 Å². The maximum absolute atomic E-state index is 12.8. The zero-order valence-corrected chi connectivity index (χ0v) is 16.5. The van der Waals surface area contributed by atoms with Crippen LogP contribution in [-0.4, -0.2) is 17.7 Å². The molecule has 1 saturated heterocycles. The van der Waals surface area contributed by atoms with Gasteiger partial charge >= 0.3 is 0 Å². The van der Waals surface area contributed by atoms with Crippen LogP contribution >= 0.6 is 27.5 Å². The molecule has 2 aliphatic rings. The Balaban J connectivity index is 2.08. The Hall–Kier alpha value is -1.36. The predicted molar refractivity (Wildman–Crippen MR) is 106 cm³/mol. The summed E-state index contributed by atoms with van der Waals surface area (Å²) in [6.07, 6.45) is 5.50. The monoisotopic (exact) mass is 418 g/mol. The molecule has 0 amide bonds. The second-order valence-corrected chi connectivity index (χ2v) is 8.07. The fraction of sp³-hybridized carbons (Fsp3) is 0.350. The van der Waals surface area contributed by atoms with E-state index in [4.69, 9.17) is 11.6 Å². The number of fused-ring (bicyclic) bond motifs is 2. The van der Waals surface area contributed by atoms with Crippen LogP contribution in [0.4, 0.5) is 0 Å². The summed E-state index contributed by atoms with van der Waals surface area (Å²) < 4.78 is 2.74. The molecule has 0 saturated carbocycles. The summed E-state index contributed by atoms with van der Waals surface area (Å²) in [5, 5.41) is 4.19. The molecule has 2 heterocycles.